The zero-order valence-electron chi connectivity index (χ0n) is 13.2. The van der Waals surface area contributed by atoms with Crippen LogP contribution in [0.2, 0.25) is 0 Å². The van der Waals surface area contributed by atoms with Gasteiger partial charge < -0.3 is 5.32 Å². The molecule has 0 saturated heterocycles. The predicted molar refractivity (Wildman–Crippen MR) is 87.8 cm³/mol. The highest BCUT2D eigenvalue weighted by Gasteiger charge is 2.14. The van der Waals surface area contributed by atoms with Crippen molar-refractivity contribution in [2.45, 2.75) is 20.8 Å². The molecule has 0 aliphatic heterocycles. The molecule has 1 N–H and O–H groups in total. The molecule has 6 heteroatoms. The average Bonchev–Trinajstić information content (AvgIpc) is 3.01. The first-order valence-electron chi connectivity index (χ1n) is 7.28. The second kappa shape index (κ2) is 6.00. The number of aromatic nitrogens is 4. The third-order valence-electron chi connectivity index (χ3n) is 3.48. The Labute approximate surface area is 134 Å². The number of pyridine rings is 1. The second-order valence-corrected chi connectivity index (χ2v) is 5.35. The van der Waals surface area contributed by atoms with Crippen LogP contribution in [0.1, 0.15) is 27.4 Å². The standard InChI is InChI=1S/C17H17N5O/c1-11-9-12(2)19-13(3)16(11)20-17(23)15-10-18-22(21-15)14-7-5-4-6-8-14/h4-10H,1-3H3,(H,20,23). The van der Waals surface area contributed by atoms with Gasteiger partial charge in [0.25, 0.3) is 5.91 Å². The Morgan fingerprint density at radius 3 is 2.57 bits per heavy atom. The number of nitrogens with one attached hydrogen (secondary N) is 1. The third kappa shape index (κ3) is 3.11. The van der Waals surface area contributed by atoms with Crippen LogP contribution in [0, 0.1) is 20.8 Å². The van der Waals surface area contributed by atoms with E-state index in [-0.39, 0.29) is 11.6 Å². The highest BCUT2D eigenvalue weighted by Crippen LogP contribution is 2.19. The molecule has 3 rings (SSSR count). The summed E-state index contributed by atoms with van der Waals surface area (Å²) in [5.41, 5.74) is 4.46. The molecule has 0 aliphatic carbocycles. The molecule has 116 valence electrons. The molecule has 0 fully saturated rings. The van der Waals surface area contributed by atoms with E-state index < -0.39 is 0 Å². The van der Waals surface area contributed by atoms with Crippen molar-refractivity contribution in [3.63, 3.8) is 0 Å². The molecule has 3 aromatic rings. The van der Waals surface area contributed by atoms with Crippen molar-refractivity contribution in [1.82, 2.24) is 20.0 Å². The normalized spacial score (nSPS) is 10.6. The Bertz CT molecular complexity index is 831. The van der Waals surface area contributed by atoms with Gasteiger partial charge in [-0.25, -0.2) is 0 Å². The summed E-state index contributed by atoms with van der Waals surface area (Å²) in [5, 5.41) is 11.2. The summed E-state index contributed by atoms with van der Waals surface area (Å²) in [4.78, 5) is 18.2. The van der Waals surface area contributed by atoms with Crippen LogP contribution in [0.4, 0.5) is 5.69 Å². The first-order valence-corrected chi connectivity index (χ1v) is 7.28. The number of aryl methyl sites for hydroxylation is 3. The molecule has 0 saturated carbocycles. The van der Waals surface area contributed by atoms with Gasteiger partial charge in [0.2, 0.25) is 0 Å². The molecule has 0 aliphatic rings. The number of para-hydroxylation sites is 1. The van der Waals surface area contributed by atoms with Crippen LogP contribution in [0.15, 0.2) is 42.6 Å². The van der Waals surface area contributed by atoms with Crippen LogP contribution in [0.3, 0.4) is 0 Å². The number of amides is 1. The number of carbonyl (C=O) groups is 1. The van der Waals surface area contributed by atoms with Crippen LogP contribution in [0.25, 0.3) is 5.69 Å². The molecule has 2 heterocycles. The van der Waals surface area contributed by atoms with E-state index in [0.717, 1.165) is 28.3 Å². The summed E-state index contributed by atoms with van der Waals surface area (Å²) < 4.78 is 0. The van der Waals surface area contributed by atoms with E-state index in [1.165, 1.54) is 11.0 Å². The Kier molecular flexibility index (Phi) is 3.89. The summed E-state index contributed by atoms with van der Waals surface area (Å²) in [6, 6.07) is 11.4. The number of rotatable bonds is 3. The molecule has 0 bridgehead atoms. The van der Waals surface area contributed by atoms with E-state index in [4.69, 9.17) is 0 Å². The monoisotopic (exact) mass is 307 g/mol. The number of hydrogen-bond acceptors (Lipinski definition) is 4. The maximum absolute atomic E-state index is 12.4. The Hall–Kier alpha value is -3.02. The van der Waals surface area contributed by atoms with E-state index in [9.17, 15) is 4.79 Å². The third-order valence-corrected chi connectivity index (χ3v) is 3.48. The molecule has 0 atom stereocenters. The van der Waals surface area contributed by atoms with Gasteiger partial charge in [0, 0.05) is 5.69 Å². The highest BCUT2D eigenvalue weighted by atomic mass is 16.2. The lowest BCUT2D eigenvalue weighted by Crippen LogP contribution is -2.15. The van der Waals surface area contributed by atoms with Gasteiger partial charge in [0.1, 0.15) is 0 Å². The molecule has 0 spiro atoms. The number of nitrogens with zero attached hydrogens (tertiary/aromatic N) is 4. The number of benzene rings is 1. The minimum Gasteiger partial charge on any atom is -0.319 e. The molecule has 6 nitrogen and oxygen atoms in total. The van der Waals surface area contributed by atoms with Crippen molar-refractivity contribution >= 4 is 11.6 Å². The smallest absolute Gasteiger partial charge is 0.277 e. The predicted octanol–water partition coefficient (Wildman–Crippen LogP) is 2.84. The maximum Gasteiger partial charge on any atom is 0.277 e. The largest absolute Gasteiger partial charge is 0.319 e. The van der Waals surface area contributed by atoms with Crippen LogP contribution in [-0.4, -0.2) is 25.9 Å². The zero-order valence-corrected chi connectivity index (χ0v) is 13.2. The van der Waals surface area contributed by atoms with Crippen molar-refractivity contribution < 1.29 is 4.79 Å². The molecule has 1 aromatic carbocycles. The lowest BCUT2D eigenvalue weighted by Gasteiger charge is -2.10. The van der Waals surface area contributed by atoms with Gasteiger partial charge >= 0.3 is 0 Å². The van der Waals surface area contributed by atoms with E-state index in [1.54, 1.807) is 0 Å². The molecule has 2 aromatic heterocycles. The van der Waals surface area contributed by atoms with Crippen LogP contribution in [-0.2, 0) is 0 Å². The van der Waals surface area contributed by atoms with Crippen molar-refractivity contribution in [2.24, 2.45) is 0 Å². The average molecular weight is 307 g/mol. The van der Waals surface area contributed by atoms with E-state index in [0.29, 0.717) is 0 Å². The van der Waals surface area contributed by atoms with Crippen LogP contribution >= 0.6 is 0 Å². The summed E-state index contributed by atoms with van der Waals surface area (Å²) in [7, 11) is 0. The fourth-order valence-corrected chi connectivity index (χ4v) is 2.44. The van der Waals surface area contributed by atoms with Gasteiger partial charge in [-0.15, -0.1) is 5.10 Å². The van der Waals surface area contributed by atoms with Crippen molar-refractivity contribution in [2.75, 3.05) is 5.32 Å². The number of carbonyl (C=O) groups excluding carboxylic acids is 1. The summed E-state index contributed by atoms with van der Waals surface area (Å²) >= 11 is 0. The summed E-state index contributed by atoms with van der Waals surface area (Å²) in [6.07, 6.45) is 1.45. The first kappa shape index (κ1) is 14.9. The van der Waals surface area contributed by atoms with Crippen LogP contribution in [0.5, 0.6) is 0 Å². The van der Waals surface area contributed by atoms with E-state index in [1.807, 2.05) is 57.2 Å². The van der Waals surface area contributed by atoms with Gasteiger partial charge in [0.05, 0.1) is 23.3 Å². The Morgan fingerprint density at radius 2 is 1.87 bits per heavy atom. The van der Waals surface area contributed by atoms with Gasteiger partial charge in [-0.1, -0.05) is 18.2 Å². The molecule has 0 radical (unpaired) electrons. The molecular formula is C17H17N5O. The zero-order chi connectivity index (χ0) is 16.4. The van der Waals surface area contributed by atoms with Crippen LogP contribution < -0.4 is 5.32 Å². The Balaban J connectivity index is 1.84. The quantitative estimate of drug-likeness (QED) is 0.807. The summed E-state index contributed by atoms with van der Waals surface area (Å²) in [5.74, 6) is -0.302. The SMILES string of the molecule is Cc1cc(C)c(NC(=O)c2cnn(-c3ccccc3)n2)c(C)n1. The van der Waals surface area contributed by atoms with Crippen molar-refractivity contribution in [1.29, 1.82) is 0 Å². The maximum atomic E-state index is 12.4. The number of anilines is 1. The van der Waals surface area contributed by atoms with Crippen molar-refractivity contribution in [3.05, 3.63) is 65.2 Å². The Morgan fingerprint density at radius 1 is 1.13 bits per heavy atom. The molecule has 23 heavy (non-hydrogen) atoms. The van der Waals surface area contributed by atoms with Gasteiger partial charge in [-0.2, -0.15) is 9.90 Å². The van der Waals surface area contributed by atoms with E-state index >= 15 is 0 Å². The molecule has 0 unspecified atom stereocenters. The second-order valence-electron chi connectivity index (χ2n) is 5.35. The minimum atomic E-state index is -0.302. The lowest BCUT2D eigenvalue weighted by atomic mass is 10.1. The highest BCUT2D eigenvalue weighted by molar-refractivity contribution is 6.03. The fraction of sp³-hybridized carbons (Fsp3) is 0.176. The minimum absolute atomic E-state index is 0.258. The molecular weight excluding hydrogens is 290 g/mol. The topological polar surface area (TPSA) is 72.7 Å². The van der Waals surface area contributed by atoms with Gasteiger partial charge in [0.15, 0.2) is 5.69 Å². The fourth-order valence-electron chi connectivity index (χ4n) is 2.44. The molecule has 1 amide bonds. The van der Waals surface area contributed by atoms with E-state index in [2.05, 4.69) is 20.5 Å². The number of hydrogen-bond donors (Lipinski definition) is 1. The van der Waals surface area contributed by atoms with Gasteiger partial charge in [-0.05, 0) is 44.5 Å². The lowest BCUT2D eigenvalue weighted by molar-refractivity contribution is 0.102. The van der Waals surface area contributed by atoms with Crippen molar-refractivity contribution in [3.8, 4) is 5.69 Å². The van der Waals surface area contributed by atoms with Gasteiger partial charge in [-0.3, -0.25) is 9.78 Å². The first-order chi connectivity index (χ1) is 11.0. The summed E-state index contributed by atoms with van der Waals surface area (Å²) in [6.45, 7) is 5.74.